The largest absolute Gasteiger partial charge is 0.341 e. The normalized spacial score (nSPS) is 11.3. The smallest absolute Gasteiger partial charge is 0.253 e. The Morgan fingerprint density at radius 2 is 2.00 bits per heavy atom. The summed E-state index contributed by atoms with van der Waals surface area (Å²) in [6, 6.07) is 7.53. The van der Waals surface area contributed by atoms with Crippen molar-refractivity contribution in [3.63, 3.8) is 0 Å². The first-order valence-electron chi connectivity index (χ1n) is 9.48. The third kappa shape index (κ3) is 3.87. The van der Waals surface area contributed by atoms with Crippen molar-refractivity contribution in [2.24, 2.45) is 0 Å². The summed E-state index contributed by atoms with van der Waals surface area (Å²) in [4.78, 5) is 27.2. The summed E-state index contributed by atoms with van der Waals surface area (Å²) < 4.78 is 7.17. The maximum absolute atomic E-state index is 12.7. The molecule has 0 bridgehead atoms. The number of hydrogen-bond acceptors (Lipinski definition) is 6. The Morgan fingerprint density at radius 3 is 2.72 bits per heavy atom. The minimum Gasteiger partial charge on any atom is -0.341 e. The third-order valence-corrected chi connectivity index (χ3v) is 4.74. The zero-order valence-corrected chi connectivity index (χ0v) is 16.6. The molecule has 0 spiro atoms. The van der Waals surface area contributed by atoms with Crippen LogP contribution >= 0.6 is 0 Å². The van der Waals surface area contributed by atoms with Crippen molar-refractivity contribution in [2.45, 2.75) is 26.2 Å². The van der Waals surface area contributed by atoms with E-state index in [1.54, 1.807) is 30.5 Å². The highest BCUT2D eigenvalue weighted by Crippen LogP contribution is 2.21. The predicted molar refractivity (Wildman–Crippen MR) is 107 cm³/mol. The molecular formula is C21H22N6O2. The molecule has 3 heterocycles. The van der Waals surface area contributed by atoms with E-state index in [0.29, 0.717) is 30.2 Å². The SMILES string of the molecule is CC(C)c1nc(CCN(C)C(=O)c2ccc(-c3cnc4cnccn34)cc2)no1. The number of nitrogens with zero attached hydrogens (tertiary/aromatic N) is 6. The molecule has 0 aliphatic rings. The second kappa shape index (κ2) is 7.83. The Bertz CT molecular complexity index is 1130. The maximum Gasteiger partial charge on any atom is 0.253 e. The summed E-state index contributed by atoms with van der Waals surface area (Å²) in [5.41, 5.74) is 3.34. The first kappa shape index (κ1) is 18.8. The molecule has 8 nitrogen and oxygen atoms in total. The number of imidazole rings is 1. The molecule has 8 heteroatoms. The Morgan fingerprint density at radius 1 is 1.21 bits per heavy atom. The van der Waals surface area contributed by atoms with Crippen molar-refractivity contribution in [1.29, 1.82) is 0 Å². The van der Waals surface area contributed by atoms with Gasteiger partial charge in [0.2, 0.25) is 5.89 Å². The molecule has 1 amide bonds. The summed E-state index contributed by atoms with van der Waals surface area (Å²) in [5.74, 6) is 1.38. The zero-order valence-electron chi connectivity index (χ0n) is 16.6. The van der Waals surface area contributed by atoms with Crippen LogP contribution in [0.25, 0.3) is 16.9 Å². The molecule has 4 rings (SSSR count). The van der Waals surface area contributed by atoms with Crippen LogP contribution < -0.4 is 0 Å². The summed E-state index contributed by atoms with van der Waals surface area (Å²) in [7, 11) is 1.77. The number of rotatable bonds is 6. The predicted octanol–water partition coefficient (Wildman–Crippen LogP) is 3.22. The number of carbonyl (C=O) groups excluding carboxylic acids is 1. The van der Waals surface area contributed by atoms with Gasteiger partial charge in [-0.25, -0.2) is 4.98 Å². The average Bonchev–Trinajstić information content (AvgIpc) is 3.39. The molecule has 4 aromatic rings. The number of aromatic nitrogens is 5. The molecule has 0 saturated heterocycles. The van der Waals surface area contributed by atoms with Crippen molar-refractivity contribution in [2.75, 3.05) is 13.6 Å². The van der Waals surface area contributed by atoms with Crippen molar-refractivity contribution < 1.29 is 9.32 Å². The molecule has 3 aromatic heterocycles. The van der Waals surface area contributed by atoms with E-state index < -0.39 is 0 Å². The molecule has 0 unspecified atom stereocenters. The fourth-order valence-corrected chi connectivity index (χ4v) is 3.03. The van der Waals surface area contributed by atoms with E-state index in [2.05, 4.69) is 20.1 Å². The lowest BCUT2D eigenvalue weighted by Crippen LogP contribution is -2.29. The third-order valence-electron chi connectivity index (χ3n) is 4.74. The number of benzene rings is 1. The van der Waals surface area contributed by atoms with Gasteiger partial charge in [0.15, 0.2) is 11.5 Å². The lowest BCUT2D eigenvalue weighted by Gasteiger charge is -2.16. The maximum atomic E-state index is 12.7. The van der Waals surface area contributed by atoms with Crippen LogP contribution in [0.1, 0.15) is 41.8 Å². The first-order chi connectivity index (χ1) is 14.0. The van der Waals surface area contributed by atoms with E-state index in [1.165, 1.54) is 0 Å². The van der Waals surface area contributed by atoms with Gasteiger partial charge < -0.3 is 9.42 Å². The minimum absolute atomic E-state index is 0.0496. The molecule has 0 aliphatic carbocycles. The van der Waals surface area contributed by atoms with Gasteiger partial charge >= 0.3 is 0 Å². The quantitative estimate of drug-likeness (QED) is 0.502. The summed E-state index contributed by atoms with van der Waals surface area (Å²) in [6.07, 6.45) is 7.65. The lowest BCUT2D eigenvalue weighted by molar-refractivity contribution is 0.0796. The first-order valence-corrected chi connectivity index (χ1v) is 9.48. The summed E-state index contributed by atoms with van der Waals surface area (Å²) in [5, 5.41) is 3.97. The van der Waals surface area contributed by atoms with E-state index in [1.807, 2.05) is 48.7 Å². The van der Waals surface area contributed by atoms with Crippen LogP contribution in [0.5, 0.6) is 0 Å². The van der Waals surface area contributed by atoms with Gasteiger partial charge in [0.1, 0.15) is 0 Å². The van der Waals surface area contributed by atoms with E-state index in [4.69, 9.17) is 4.52 Å². The van der Waals surface area contributed by atoms with E-state index in [0.717, 1.165) is 16.9 Å². The summed E-state index contributed by atoms with van der Waals surface area (Å²) >= 11 is 0. The van der Waals surface area contributed by atoms with E-state index >= 15 is 0 Å². The standard InChI is InChI=1S/C21H22N6O2/c1-14(2)20-24-18(25-29-20)8-10-26(3)21(28)16-6-4-15(5-7-16)17-12-23-19-13-22-9-11-27(17)19/h4-7,9,11-14H,8,10H2,1-3H3. The molecule has 0 radical (unpaired) electrons. The van der Waals surface area contributed by atoms with Crippen LogP contribution in [0, 0.1) is 0 Å². The van der Waals surface area contributed by atoms with Gasteiger partial charge in [-0.2, -0.15) is 4.98 Å². The topological polar surface area (TPSA) is 89.4 Å². The van der Waals surface area contributed by atoms with Crippen molar-refractivity contribution in [1.82, 2.24) is 29.4 Å². The number of hydrogen-bond donors (Lipinski definition) is 0. The number of amides is 1. The fraction of sp³-hybridized carbons (Fsp3) is 0.286. The molecular weight excluding hydrogens is 368 g/mol. The van der Waals surface area contributed by atoms with Gasteiger partial charge in [0, 0.05) is 49.5 Å². The average molecular weight is 390 g/mol. The second-order valence-electron chi connectivity index (χ2n) is 7.21. The van der Waals surface area contributed by atoms with Crippen LogP contribution in [-0.2, 0) is 6.42 Å². The highest BCUT2D eigenvalue weighted by atomic mass is 16.5. The minimum atomic E-state index is -0.0496. The van der Waals surface area contributed by atoms with E-state index in [9.17, 15) is 4.79 Å². The number of carbonyl (C=O) groups is 1. The highest BCUT2D eigenvalue weighted by Gasteiger charge is 2.15. The molecule has 1 aromatic carbocycles. The van der Waals surface area contributed by atoms with Crippen molar-refractivity contribution in [3.05, 3.63) is 66.3 Å². The molecule has 0 saturated carbocycles. The zero-order chi connectivity index (χ0) is 20.4. The van der Waals surface area contributed by atoms with Gasteiger partial charge in [0.25, 0.3) is 5.91 Å². The molecule has 29 heavy (non-hydrogen) atoms. The fourth-order valence-electron chi connectivity index (χ4n) is 3.03. The molecule has 0 atom stereocenters. The summed E-state index contributed by atoms with van der Waals surface area (Å²) in [6.45, 7) is 4.51. The van der Waals surface area contributed by atoms with Crippen LogP contribution in [0.4, 0.5) is 0 Å². The molecule has 0 aliphatic heterocycles. The van der Waals surface area contributed by atoms with Gasteiger partial charge in [-0.1, -0.05) is 31.1 Å². The molecule has 0 fully saturated rings. The van der Waals surface area contributed by atoms with Crippen molar-refractivity contribution in [3.8, 4) is 11.3 Å². The van der Waals surface area contributed by atoms with Gasteiger partial charge in [-0.3, -0.25) is 14.2 Å². The van der Waals surface area contributed by atoms with Gasteiger partial charge in [0.05, 0.1) is 18.1 Å². The van der Waals surface area contributed by atoms with Gasteiger partial charge in [-0.15, -0.1) is 0 Å². The molecule has 0 N–H and O–H groups in total. The molecule has 148 valence electrons. The Balaban J connectivity index is 1.43. The van der Waals surface area contributed by atoms with Crippen LogP contribution in [0.3, 0.4) is 0 Å². The monoisotopic (exact) mass is 390 g/mol. The van der Waals surface area contributed by atoms with Gasteiger partial charge in [-0.05, 0) is 12.1 Å². The van der Waals surface area contributed by atoms with Crippen molar-refractivity contribution >= 4 is 11.6 Å². The number of fused-ring (bicyclic) bond motifs is 1. The highest BCUT2D eigenvalue weighted by molar-refractivity contribution is 5.94. The lowest BCUT2D eigenvalue weighted by atomic mass is 10.1. The Hall–Kier alpha value is -3.55. The van der Waals surface area contributed by atoms with Crippen LogP contribution in [0.15, 0.2) is 53.6 Å². The Labute approximate surface area is 168 Å². The Kier molecular flexibility index (Phi) is 5.07. The van der Waals surface area contributed by atoms with Crippen LogP contribution in [-0.4, -0.2) is 48.9 Å². The second-order valence-corrected chi connectivity index (χ2v) is 7.21. The van der Waals surface area contributed by atoms with Crippen LogP contribution in [0.2, 0.25) is 0 Å². The number of likely N-dealkylation sites (N-methyl/N-ethyl adjacent to an activating group) is 1. The van der Waals surface area contributed by atoms with E-state index in [-0.39, 0.29) is 11.8 Å².